The molecule has 0 saturated carbocycles. The molecular formula is C32H35N5O4S. The van der Waals surface area contributed by atoms with Crippen molar-refractivity contribution in [1.29, 1.82) is 0 Å². The second-order valence-electron chi connectivity index (χ2n) is 10.9. The molecule has 4 rings (SSSR count). The molecule has 0 aliphatic heterocycles. The summed E-state index contributed by atoms with van der Waals surface area (Å²) in [5.41, 5.74) is 1.73. The van der Waals surface area contributed by atoms with Crippen LogP contribution in [0.5, 0.6) is 0 Å². The fourth-order valence-corrected chi connectivity index (χ4v) is 5.17. The van der Waals surface area contributed by atoms with Gasteiger partial charge in [-0.25, -0.2) is 4.79 Å². The molecule has 2 heterocycles. The normalized spacial score (nSPS) is 12.5. The zero-order valence-electron chi connectivity index (χ0n) is 24.5. The third-order valence-electron chi connectivity index (χ3n) is 6.18. The van der Waals surface area contributed by atoms with E-state index in [2.05, 4.69) is 20.7 Å². The van der Waals surface area contributed by atoms with Crippen molar-refractivity contribution in [3.63, 3.8) is 0 Å². The van der Waals surface area contributed by atoms with E-state index in [4.69, 9.17) is 4.74 Å². The molecule has 0 spiro atoms. The zero-order valence-corrected chi connectivity index (χ0v) is 25.4. The van der Waals surface area contributed by atoms with Crippen LogP contribution >= 0.6 is 11.8 Å². The van der Waals surface area contributed by atoms with Crippen molar-refractivity contribution in [2.24, 2.45) is 5.92 Å². The molecule has 2 aromatic heterocycles. The molecule has 2 aromatic carbocycles. The van der Waals surface area contributed by atoms with Gasteiger partial charge in [0.1, 0.15) is 11.6 Å². The van der Waals surface area contributed by atoms with E-state index in [-0.39, 0.29) is 11.8 Å². The van der Waals surface area contributed by atoms with E-state index in [0.29, 0.717) is 16.8 Å². The number of benzene rings is 2. The number of nitrogens with one attached hydrogen (secondary N) is 2. The molecule has 0 bridgehead atoms. The van der Waals surface area contributed by atoms with Crippen molar-refractivity contribution in [3.8, 4) is 0 Å². The molecule has 0 fully saturated rings. The Morgan fingerprint density at radius 2 is 1.74 bits per heavy atom. The predicted molar refractivity (Wildman–Crippen MR) is 165 cm³/mol. The third-order valence-corrected chi connectivity index (χ3v) is 7.25. The van der Waals surface area contributed by atoms with E-state index in [1.807, 2.05) is 80.6 Å². The maximum absolute atomic E-state index is 14.0. The molecule has 218 valence electrons. The van der Waals surface area contributed by atoms with Crippen LogP contribution in [0.2, 0.25) is 0 Å². The minimum atomic E-state index is -0.888. The van der Waals surface area contributed by atoms with Crippen LogP contribution in [-0.4, -0.2) is 51.4 Å². The summed E-state index contributed by atoms with van der Waals surface area (Å²) in [6.07, 6.45) is 4.67. The van der Waals surface area contributed by atoms with Gasteiger partial charge in [0.2, 0.25) is 0 Å². The lowest BCUT2D eigenvalue weighted by molar-refractivity contribution is 0.0462. The van der Waals surface area contributed by atoms with Crippen molar-refractivity contribution in [1.82, 2.24) is 25.4 Å². The fourth-order valence-electron chi connectivity index (χ4n) is 4.20. The molecule has 2 amide bonds. The van der Waals surface area contributed by atoms with Crippen molar-refractivity contribution < 1.29 is 19.1 Å². The number of amides is 2. The molecule has 42 heavy (non-hydrogen) atoms. The summed E-state index contributed by atoms with van der Waals surface area (Å²) in [7, 11) is 1.59. The van der Waals surface area contributed by atoms with Crippen LogP contribution in [0.15, 0.2) is 76.7 Å². The standard InChI is InChI=1S/C32H35N5O4S/c1-20(2)28(35-31(40)41-32(3,4)5)30(39)37-26-19-22(42-27-13-8-7-12-24(27)29(38)33-6)15-16-23(26)25(36-37)17-14-21-11-9-10-18-34-21/h7-20,28H,1-6H3,(H,33,38)(H,35,40)/b17-14+/t28-/m0/s1. The number of nitrogens with zero attached hydrogens (tertiary/aromatic N) is 3. The Balaban J connectivity index is 1.78. The number of fused-ring (bicyclic) bond motifs is 1. The third kappa shape index (κ3) is 7.44. The van der Waals surface area contributed by atoms with E-state index in [1.165, 1.54) is 16.4 Å². The van der Waals surface area contributed by atoms with Crippen LogP contribution < -0.4 is 10.6 Å². The van der Waals surface area contributed by atoms with Crippen molar-refractivity contribution in [3.05, 3.63) is 83.8 Å². The van der Waals surface area contributed by atoms with Gasteiger partial charge in [0, 0.05) is 28.4 Å². The number of rotatable bonds is 8. The maximum atomic E-state index is 14.0. The largest absolute Gasteiger partial charge is 0.444 e. The van der Waals surface area contributed by atoms with Crippen LogP contribution in [0.25, 0.3) is 23.1 Å². The molecule has 0 radical (unpaired) electrons. The predicted octanol–water partition coefficient (Wildman–Crippen LogP) is 6.30. The lowest BCUT2D eigenvalue weighted by Crippen LogP contribution is -2.48. The molecule has 1 atom stereocenters. The van der Waals surface area contributed by atoms with Crippen molar-refractivity contribution in [2.45, 2.75) is 56.1 Å². The number of aromatic nitrogens is 3. The van der Waals surface area contributed by atoms with E-state index in [9.17, 15) is 14.4 Å². The average molecular weight is 586 g/mol. The van der Waals surface area contributed by atoms with Crippen LogP contribution in [0.4, 0.5) is 4.79 Å². The molecule has 0 saturated heterocycles. The number of hydrogen-bond acceptors (Lipinski definition) is 7. The molecule has 4 aromatic rings. The van der Waals surface area contributed by atoms with Gasteiger partial charge in [0.25, 0.3) is 11.8 Å². The van der Waals surface area contributed by atoms with E-state index < -0.39 is 23.6 Å². The highest BCUT2D eigenvalue weighted by Crippen LogP contribution is 2.34. The number of pyridine rings is 1. The van der Waals surface area contributed by atoms with Gasteiger partial charge in [-0.3, -0.25) is 14.6 Å². The monoisotopic (exact) mass is 585 g/mol. The lowest BCUT2D eigenvalue weighted by Gasteiger charge is -2.25. The summed E-state index contributed by atoms with van der Waals surface area (Å²) in [4.78, 5) is 45.0. The summed E-state index contributed by atoms with van der Waals surface area (Å²) < 4.78 is 6.76. The molecule has 10 heteroatoms. The quantitative estimate of drug-likeness (QED) is 0.249. The summed E-state index contributed by atoms with van der Waals surface area (Å²) >= 11 is 1.41. The summed E-state index contributed by atoms with van der Waals surface area (Å²) in [6.45, 7) is 9.00. The number of alkyl carbamates (subject to hydrolysis) is 1. The van der Waals surface area contributed by atoms with Crippen LogP contribution in [-0.2, 0) is 4.74 Å². The van der Waals surface area contributed by atoms with Gasteiger partial charge >= 0.3 is 6.09 Å². The SMILES string of the molecule is CNC(=O)c1ccccc1Sc1ccc2c(/C=C/c3ccccn3)nn(C(=O)[C@@H](NC(=O)OC(C)(C)C)C(C)C)c2c1. The van der Waals surface area contributed by atoms with E-state index in [0.717, 1.165) is 20.9 Å². The van der Waals surface area contributed by atoms with Gasteiger partial charge in [-0.15, -0.1) is 0 Å². The highest BCUT2D eigenvalue weighted by Gasteiger charge is 2.30. The molecule has 0 unspecified atom stereocenters. The number of hydrogen-bond donors (Lipinski definition) is 2. The van der Waals surface area contributed by atoms with Crippen molar-refractivity contribution in [2.75, 3.05) is 7.05 Å². The molecular weight excluding hydrogens is 550 g/mol. The zero-order chi connectivity index (χ0) is 30.4. The molecule has 0 aliphatic rings. The molecule has 2 N–H and O–H groups in total. The van der Waals surface area contributed by atoms with Gasteiger partial charge in [-0.05, 0) is 81.3 Å². The summed E-state index contributed by atoms with van der Waals surface area (Å²) in [5, 5.41) is 10.8. The summed E-state index contributed by atoms with van der Waals surface area (Å²) in [6, 6.07) is 17.8. The van der Waals surface area contributed by atoms with Gasteiger partial charge < -0.3 is 15.4 Å². The number of ether oxygens (including phenoxy) is 1. The lowest BCUT2D eigenvalue weighted by atomic mass is 10.0. The first-order valence-corrected chi connectivity index (χ1v) is 14.4. The minimum absolute atomic E-state index is 0.186. The molecule has 9 nitrogen and oxygen atoms in total. The Labute approximate surface area is 249 Å². The van der Waals surface area contributed by atoms with Crippen LogP contribution in [0.1, 0.15) is 61.2 Å². The maximum Gasteiger partial charge on any atom is 0.408 e. The van der Waals surface area contributed by atoms with E-state index >= 15 is 0 Å². The van der Waals surface area contributed by atoms with Gasteiger partial charge in [-0.1, -0.05) is 43.8 Å². The Bertz CT molecular complexity index is 1620. The van der Waals surface area contributed by atoms with Gasteiger partial charge in [0.15, 0.2) is 0 Å². The average Bonchev–Trinajstić information content (AvgIpc) is 3.31. The van der Waals surface area contributed by atoms with Gasteiger partial charge in [0.05, 0.1) is 22.5 Å². The Morgan fingerprint density at radius 3 is 2.40 bits per heavy atom. The first-order chi connectivity index (χ1) is 20.0. The first-order valence-electron chi connectivity index (χ1n) is 13.6. The Kier molecular flexibility index (Phi) is 9.47. The van der Waals surface area contributed by atoms with Gasteiger partial charge in [-0.2, -0.15) is 9.78 Å². The molecule has 0 aliphatic carbocycles. The fraction of sp³-hybridized carbons (Fsp3) is 0.281. The van der Waals surface area contributed by atoms with E-state index in [1.54, 1.807) is 40.1 Å². The number of carbonyl (C=O) groups excluding carboxylic acids is 3. The Morgan fingerprint density at radius 1 is 1.00 bits per heavy atom. The van der Waals surface area contributed by atoms with Crippen LogP contribution in [0, 0.1) is 5.92 Å². The smallest absolute Gasteiger partial charge is 0.408 e. The highest BCUT2D eigenvalue weighted by molar-refractivity contribution is 7.99. The first kappa shape index (κ1) is 30.5. The van der Waals surface area contributed by atoms with Crippen LogP contribution in [0.3, 0.4) is 0 Å². The highest BCUT2D eigenvalue weighted by atomic mass is 32.2. The minimum Gasteiger partial charge on any atom is -0.444 e. The second kappa shape index (κ2) is 13.0. The Hall–Kier alpha value is -4.44. The van der Waals surface area contributed by atoms with Crippen molar-refractivity contribution >= 4 is 52.7 Å². The second-order valence-corrected chi connectivity index (χ2v) is 12.1. The summed E-state index contributed by atoms with van der Waals surface area (Å²) in [5.74, 6) is -0.825. The topological polar surface area (TPSA) is 115 Å². The number of carbonyl (C=O) groups is 3.